The van der Waals surface area contributed by atoms with E-state index in [9.17, 15) is 39.5 Å². The number of unbranched alkanes of at least 4 members (excludes halogenated alkanes) is 6. The van der Waals surface area contributed by atoms with E-state index in [2.05, 4.69) is 0 Å². The number of alkyl halides is 10. The molecule has 0 nitrogen and oxygen atoms in total. The first-order valence-corrected chi connectivity index (χ1v) is 9.73. The van der Waals surface area contributed by atoms with E-state index in [1.807, 2.05) is 6.92 Å². The highest BCUT2D eigenvalue weighted by molar-refractivity contribution is 14.1. The lowest BCUT2D eigenvalue weighted by molar-refractivity contribution is -0.393. The van der Waals surface area contributed by atoms with E-state index < -0.39 is 33.8 Å². The lowest BCUT2D eigenvalue weighted by Crippen LogP contribution is -2.66. The Morgan fingerprint density at radius 3 is 1.50 bits per heavy atom. The Morgan fingerprint density at radius 1 is 0.692 bits per heavy atom. The van der Waals surface area contributed by atoms with Crippen LogP contribution in [0.2, 0.25) is 0 Å². The molecular weight excluding hydrogens is 490 g/mol. The zero-order valence-electron chi connectivity index (χ0n) is 14.6. The molecule has 0 aliphatic heterocycles. The normalized spacial score (nSPS) is 18.5. The quantitative estimate of drug-likeness (QED) is 0.113. The Balaban J connectivity index is 5.03. The van der Waals surface area contributed by atoms with Crippen molar-refractivity contribution in [1.29, 1.82) is 0 Å². The van der Waals surface area contributed by atoms with Gasteiger partial charge in [-0.25, -0.2) is 4.39 Å². The van der Waals surface area contributed by atoms with Crippen LogP contribution in [-0.2, 0) is 0 Å². The van der Waals surface area contributed by atoms with Gasteiger partial charge in [-0.1, -0.05) is 81.4 Å². The highest BCUT2D eigenvalue weighted by atomic mass is 127. The van der Waals surface area contributed by atoms with E-state index >= 15 is 0 Å². The molecule has 0 aromatic rings. The van der Waals surface area contributed by atoms with E-state index in [4.69, 9.17) is 0 Å². The summed E-state index contributed by atoms with van der Waals surface area (Å²) in [4.78, 5) is 0. The van der Waals surface area contributed by atoms with Gasteiger partial charge in [0, 0.05) is 9.84 Å². The molecule has 0 fully saturated rings. The molecule has 0 N–H and O–H groups in total. The Hall–Kier alpha value is 0.1000. The minimum absolute atomic E-state index is 0.0643. The molecule has 0 amide bonds. The highest BCUT2D eigenvalue weighted by Gasteiger charge is 2.82. The van der Waals surface area contributed by atoms with E-state index in [0.717, 1.165) is 32.1 Å². The average Bonchev–Trinajstić information content (AvgIpc) is 2.49. The van der Waals surface area contributed by atoms with Crippen molar-refractivity contribution in [3.8, 4) is 0 Å². The van der Waals surface area contributed by atoms with Gasteiger partial charge in [-0.2, -0.15) is 35.1 Å². The Bertz CT molecular complexity index is 406. The standard InChI is InChI=1S/C16H24F9I/c1-3-4-5-6-7-8-9-10-12(26)11(2)13(17,15(20,21)22)14(18,19)16(23,24)25/h11-12H,3-10H2,1-2H3. The van der Waals surface area contributed by atoms with Crippen LogP contribution in [-0.4, -0.2) is 27.9 Å². The fourth-order valence-electron chi connectivity index (χ4n) is 2.72. The second-order valence-electron chi connectivity index (χ2n) is 6.50. The molecule has 0 heterocycles. The van der Waals surface area contributed by atoms with Crippen LogP contribution in [0.5, 0.6) is 0 Å². The molecule has 0 saturated carbocycles. The summed E-state index contributed by atoms with van der Waals surface area (Å²) in [5.74, 6) is -9.08. The monoisotopic (exact) mass is 514 g/mol. The molecule has 158 valence electrons. The first-order chi connectivity index (χ1) is 11.6. The maximum Gasteiger partial charge on any atom is 0.457 e. The fraction of sp³-hybridized carbons (Fsp3) is 1.00. The Kier molecular flexibility index (Phi) is 10.1. The van der Waals surface area contributed by atoms with E-state index in [1.54, 1.807) is 0 Å². The topological polar surface area (TPSA) is 0 Å². The molecular formula is C16H24F9I. The summed E-state index contributed by atoms with van der Waals surface area (Å²) < 4.78 is 116. The SMILES string of the molecule is CCCCCCCCCC(I)C(C)C(F)(C(F)(F)F)C(F)(F)C(F)(F)F. The van der Waals surface area contributed by atoms with Gasteiger partial charge in [0.25, 0.3) is 5.67 Å². The van der Waals surface area contributed by atoms with Crippen LogP contribution in [0.15, 0.2) is 0 Å². The zero-order chi connectivity index (χ0) is 20.8. The molecule has 0 aromatic carbocycles. The van der Waals surface area contributed by atoms with Crippen LogP contribution in [0.3, 0.4) is 0 Å². The van der Waals surface area contributed by atoms with Crippen molar-refractivity contribution in [2.24, 2.45) is 5.92 Å². The van der Waals surface area contributed by atoms with E-state index in [0.29, 0.717) is 19.8 Å². The summed E-state index contributed by atoms with van der Waals surface area (Å²) >= 11 is 1.33. The maximum atomic E-state index is 14.3. The van der Waals surface area contributed by atoms with Crippen LogP contribution in [0.4, 0.5) is 39.5 Å². The van der Waals surface area contributed by atoms with Gasteiger partial charge in [-0.15, -0.1) is 0 Å². The number of rotatable bonds is 11. The predicted octanol–water partition coefficient (Wildman–Crippen LogP) is 8.04. The number of hydrogen-bond acceptors (Lipinski definition) is 0. The molecule has 0 aliphatic rings. The summed E-state index contributed by atoms with van der Waals surface area (Å²) in [6.07, 6.45) is -7.31. The van der Waals surface area contributed by atoms with Gasteiger partial charge in [-0.3, -0.25) is 0 Å². The van der Waals surface area contributed by atoms with Crippen LogP contribution < -0.4 is 0 Å². The van der Waals surface area contributed by atoms with Crippen molar-refractivity contribution in [1.82, 2.24) is 0 Å². The summed E-state index contributed by atoms with van der Waals surface area (Å²) in [6, 6.07) is 0. The molecule has 0 radical (unpaired) electrons. The van der Waals surface area contributed by atoms with Crippen molar-refractivity contribution in [2.75, 3.05) is 0 Å². The molecule has 0 rings (SSSR count). The summed E-state index contributed by atoms with van der Waals surface area (Å²) in [7, 11) is 0. The van der Waals surface area contributed by atoms with Gasteiger partial charge in [0.05, 0.1) is 0 Å². The third-order valence-electron chi connectivity index (χ3n) is 4.48. The smallest absolute Gasteiger partial charge is 0.226 e. The molecule has 26 heavy (non-hydrogen) atoms. The second kappa shape index (κ2) is 10.0. The molecule has 0 spiro atoms. The molecule has 0 aromatic heterocycles. The van der Waals surface area contributed by atoms with Gasteiger partial charge in [0.15, 0.2) is 0 Å². The maximum absolute atomic E-state index is 14.3. The van der Waals surface area contributed by atoms with Gasteiger partial charge in [0.1, 0.15) is 0 Å². The third-order valence-corrected chi connectivity index (χ3v) is 6.18. The van der Waals surface area contributed by atoms with Crippen molar-refractivity contribution in [3.05, 3.63) is 0 Å². The summed E-state index contributed by atoms with van der Waals surface area (Å²) in [5.41, 5.74) is -5.68. The Labute approximate surface area is 161 Å². The molecule has 10 heteroatoms. The predicted molar refractivity (Wildman–Crippen MR) is 90.5 cm³/mol. The average molecular weight is 514 g/mol. The lowest BCUT2D eigenvalue weighted by atomic mass is 9.80. The van der Waals surface area contributed by atoms with Crippen molar-refractivity contribution in [3.63, 3.8) is 0 Å². The first-order valence-electron chi connectivity index (χ1n) is 8.48. The Morgan fingerprint density at radius 2 is 1.12 bits per heavy atom. The molecule has 3 atom stereocenters. The van der Waals surface area contributed by atoms with Gasteiger partial charge in [-0.05, 0) is 6.42 Å². The van der Waals surface area contributed by atoms with Crippen LogP contribution in [0.25, 0.3) is 0 Å². The molecule has 0 bridgehead atoms. The van der Waals surface area contributed by atoms with Crippen LogP contribution in [0, 0.1) is 5.92 Å². The zero-order valence-corrected chi connectivity index (χ0v) is 16.7. The van der Waals surface area contributed by atoms with Crippen molar-refractivity contribution >= 4 is 22.6 Å². The summed E-state index contributed by atoms with van der Waals surface area (Å²) in [6.45, 7) is 2.49. The fourth-order valence-corrected chi connectivity index (χ4v) is 3.66. The van der Waals surface area contributed by atoms with Gasteiger partial charge >= 0.3 is 18.3 Å². The second-order valence-corrected chi connectivity index (χ2v) is 8.10. The van der Waals surface area contributed by atoms with Crippen molar-refractivity contribution in [2.45, 2.75) is 93.1 Å². The largest absolute Gasteiger partial charge is 0.457 e. The van der Waals surface area contributed by atoms with E-state index in [1.165, 1.54) is 22.6 Å². The van der Waals surface area contributed by atoms with Gasteiger partial charge in [0.2, 0.25) is 0 Å². The minimum Gasteiger partial charge on any atom is -0.226 e. The van der Waals surface area contributed by atoms with Crippen molar-refractivity contribution < 1.29 is 39.5 Å². The third kappa shape index (κ3) is 6.05. The minimum atomic E-state index is -6.64. The van der Waals surface area contributed by atoms with Gasteiger partial charge < -0.3 is 0 Å². The molecule has 3 unspecified atom stereocenters. The molecule has 0 saturated heterocycles. The number of halogens is 10. The first kappa shape index (κ1) is 26.1. The highest BCUT2D eigenvalue weighted by Crippen LogP contribution is 2.57. The van der Waals surface area contributed by atoms with E-state index in [-0.39, 0.29) is 6.42 Å². The lowest BCUT2D eigenvalue weighted by Gasteiger charge is -2.41. The summed E-state index contributed by atoms with van der Waals surface area (Å²) in [5, 5.41) is 0. The van der Waals surface area contributed by atoms with Crippen LogP contribution in [0.1, 0.15) is 65.2 Å². The van der Waals surface area contributed by atoms with Crippen LogP contribution >= 0.6 is 22.6 Å². The number of hydrogen-bond donors (Lipinski definition) is 0. The molecule has 0 aliphatic carbocycles.